The van der Waals surface area contributed by atoms with Crippen molar-refractivity contribution in [2.24, 2.45) is 5.92 Å². The molecule has 1 aromatic heterocycles. The predicted octanol–water partition coefficient (Wildman–Crippen LogP) is 3.89. The van der Waals surface area contributed by atoms with Crippen molar-refractivity contribution < 1.29 is 9.59 Å². The lowest BCUT2D eigenvalue weighted by Gasteiger charge is -2.34. The molecule has 2 amide bonds. The third-order valence-corrected chi connectivity index (χ3v) is 6.66. The second-order valence-electron chi connectivity index (χ2n) is 7.67. The summed E-state index contributed by atoms with van der Waals surface area (Å²) >= 11 is 1.56. The van der Waals surface area contributed by atoms with Crippen LogP contribution < -0.4 is 0 Å². The number of thiophene rings is 1. The van der Waals surface area contributed by atoms with Crippen LogP contribution in [0.2, 0.25) is 0 Å². The number of likely N-dealkylation sites (tertiary alicyclic amines) is 1. The fraction of sp³-hybridized carbons (Fsp3) is 0.600. The molecular formula is C20H26N2O2S. The van der Waals surface area contributed by atoms with Crippen LogP contribution in [0.4, 0.5) is 0 Å². The maximum absolute atomic E-state index is 13.3. The van der Waals surface area contributed by atoms with E-state index in [4.69, 9.17) is 0 Å². The van der Waals surface area contributed by atoms with Gasteiger partial charge in [-0.1, -0.05) is 32.3 Å². The van der Waals surface area contributed by atoms with Gasteiger partial charge in [-0.2, -0.15) is 0 Å². The van der Waals surface area contributed by atoms with Crippen LogP contribution in [0.15, 0.2) is 23.2 Å². The summed E-state index contributed by atoms with van der Waals surface area (Å²) in [6, 6.07) is 4.02. The third-order valence-electron chi connectivity index (χ3n) is 5.77. The van der Waals surface area contributed by atoms with E-state index in [1.165, 1.54) is 12.8 Å². The normalized spacial score (nSPS) is 26.0. The number of imide groups is 1. The van der Waals surface area contributed by atoms with Crippen LogP contribution in [0, 0.1) is 5.92 Å². The molecule has 0 bridgehead atoms. The standard InChI is InChI=1S/C20H26N2O2S/c1-14-7-5-11-21(13-14)18-17(16-10-6-12-25-16)19(23)22(20(18)24)15-8-3-2-4-9-15/h6,10,12,14-15H,2-5,7-9,11,13H2,1H3. The molecule has 1 saturated carbocycles. The van der Waals surface area contributed by atoms with Gasteiger partial charge < -0.3 is 4.90 Å². The maximum Gasteiger partial charge on any atom is 0.278 e. The highest BCUT2D eigenvalue weighted by Crippen LogP contribution is 2.38. The van der Waals surface area contributed by atoms with Crippen molar-refractivity contribution >= 4 is 28.7 Å². The molecule has 3 heterocycles. The van der Waals surface area contributed by atoms with Crippen LogP contribution in [0.25, 0.3) is 5.57 Å². The van der Waals surface area contributed by atoms with Crippen LogP contribution in [-0.4, -0.2) is 40.7 Å². The van der Waals surface area contributed by atoms with E-state index in [9.17, 15) is 9.59 Å². The zero-order valence-electron chi connectivity index (χ0n) is 14.9. The van der Waals surface area contributed by atoms with Gasteiger partial charge in [-0.05, 0) is 43.0 Å². The molecule has 1 aromatic rings. The number of piperidine rings is 1. The van der Waals surface area contributed by atoms with Crippen molar-refractivity contribution in [3.63, 3.8) is 0 Å². The average molecular weight is 359 g/mol. The van der Waals surface area contributed by atoms with Gasteiger partial charge in [-0.25, -0.2) is 0 Å². The molecule has 0 N–H and O–H groups in total. The van der Waals surface area contributed by atoms with E-state index in [0.717, 1.165) is 50.1 Å². The monoisotopic (exact) mass is 358 g/mol. The molecule has 5 heteroatoms. The topological polar surface area (TPSA) is 40.6 Å². The molecule has 0 spiro atoms. The first-order valence-corrected chi connectivity index (χ1v) is 10.5. The SMILES string of the molecule is CC1CCCN(C2=C(c3cccs3)C(=O)N(C3CCCCC3)C2=O)C1. The zero-order chi connectivity index (χ0) is 17.4. The minimum Gasteiger partial charge on any atom is -0.366 e. The minimum atomic E-state index is -0.0624. The number of hydrogen-bond donors (Lipinski definition) is 0. The van der Waals surface area contributed by atoms with E-state index in [0.29, 0.717) is 17.2 Å². The first-order valence-electron chi connectivity index (χ1n) is 9.58. The maximum atomic E-state index is 13.3. The molecular weight excluding hydrogens is 332 g/mol. The number of carbonyl (C=O) groups is 2. The molecule has 0 radical (unpaired) electrons. The van der Waals surface area contributed by atoms with Gasteiger partial charge in [-0.3, -0.25) is 14.5 Å². The largest absolute Gasteiger partial charge is 0.366 e. The molecule has 1 atom stereocenters. The van der Waals surface area contributed by atoms with Crippen molar-refractivity contribution in [1.29, 1.82) is 0 Å². The van der Waals surface area contributed by atoms with E-state index < -0.39 is 0 Å². The number of amides is 2. The van der Waals surface area contributed by atoms with Crippen LogP contribution in [0.5, 0.6) is 0 Å². The van der Waals surface area contributed by atoms with E-state index in [2.05, 4.69) is 11.8 Å². The Labute approximate surface area is 153 Å². The lowest BCUT2D eigenvalue weighted by molar-refractivity contribution is -0.141. The van der Waals surface area contributed by atoms with Gasteiger partial charge in [0.25, 0.3) is 11.8 Å². The molecule has 0 aromatic carbocycles. The second kappa shape index (κ2) is 6.94. The first-order chi connectivity index (χ1) is 12.2. The van der Waals surface area contributed by atoms with Gasteiger partial charge in [0.2, 0.25) is 0 Å². The zero-order valence-corrected chi connectivity index (χ0v) is 15.7. The average Bonchev–Trinajstić information content (AvgIpc) is 3.22. The Kier molecular flexibility index (Phi) is 4.67. The molecule has 134 valence electrons. The summed E-state index contributed by atoms with van der Waals surface area (Å²) in [4.78, 5) is 31.3. The van der Waals surface area contributed by atoms with Crippen LogP contribution in [0.1, 0.15) is 56.7 Å². The fourth-order valence-electron chi connectivity index (χ4n) is 4.53. The summed E-state index contributed by atoms with van der Waals surface area (Å²) in [5.41, 5.74) is 1.32. The highest BCUT2D eigenvalue weighted by molar-refractivity contribution is 7.11. The number of carbonyl (C=O) groups excluding carboxylic acids is 2. The van der Waals surface area contributed by atoms with Crippen molar-refractivity contribution in [3.05, 3.63) is 28.1 Å². The van der Waals surface area contributed by atoms with Gasteiger partial charge >= 0.3 is 0 Å². The van der Waals surface area contributed by atoms with Gasteiger partial charge in [-0.15, -0.1) is 11.3 Å². The smallest absolute Gasteiger partial charge is 0.278 e. The summed E-state index contributed by atoms with van der Waals surface area (Å²) in [6.07, 6.45) is 7.66. The Morgan fingerprint density at radius 2 is 1.84 bits per heavy atom. The Bertz CT molecular complexity index is 689. The quantitative estimate of drug-likeness (QED) is 0.770. The van der Waals surface area contributed by atoms with E-state index >= 15 is 0 Å². The van der Waals surface area contributed by atoms with Crippen molar-refractivity contribution in [3.8, 4) is 0 Å². The highest BCUT2D eigenvalue weighted by Gasteiger charge is 2.45. The highest BCUT2D eigenvalue weighted by atomic mass is 32.1. The molecule has 4 rings (SSSR count). The van der Waals surface area contributed by atoms with Crippen molar-refractivity contribution in [2.45, 2.75) is 57.9 Å². The molecule has 1 unspecified atom stereocenters. The lowest BCUT2D eigenvalue weighted by Crippen LogP contribution is -2.44. The Morgan fingerprint density at radius 3 is 2.52 bits per heavy atom. The molecule has 1 saturated heterocycles. The Balaban J connectivity index is 1.72. The van der Waals surface area contributed by atoms with Gasteiger partial charge in [0.1, 0.15) is 5.70 Å². The lowest BCUT2D eigenvalue weighted by atomic mass is 9.94. The molecule has 2 fully saturated rings. The van der Waals surface area contributed by atoms with Crippen molar-refractivity contribution in [2.75, 3.05) is 13.1 Å². The summed E-state index contributed by atoms with van der Waals surface area (Å²) in [5.74, 6) is 0.458. The number of rotatable bonds is 3. The summed E-state index contributed by atoms with van der Waals surface area (Å²) in [5, 5.41) is 1.99. The van der Waals surface area contributed by atoms with Crippen molar-refractivity contribution in [1.82, 2.24) is 9.80 Å². The van der Waals surface area contributed by atoms with Crippen LogP contribution in [0.3, 0.4) is 0 Å². The number of nitrogens with zero attached hydrogens (tertiary/aromatic N) is 2. The van der Waals surface area contributed by atoms with Gasteiger partial charge in [0.05, 0.1) is 5.57 Å². The molecule has 3 aliphatic rings. The van der Waals surface area contributed by atoms with E-state index in [1.807, 2.05) is 17.5 Å². The molecule has 25 heavy (non-hydrogen) atoms. The summed E-state index contributed by atoms with van der Waals surface area (Å²) in [6.45, 7) is 3.99. The molecule has 1 aliphatic carbocycles. The van der Waals surface area contributed by atoms with Gasteiger partial charge in [0, 0.05) is 24.0 Å². The fourth-order valence-corrected chi connectivity index (χ4v) is 5.30. The van der Waals surface area contributed by atoms with Gasteiger partial charge in [0.15, 0.2) is 0 Å². The summed E-state index contributed by atoms with van der Waals surface area (Å²) in [7, 11) is 0. The Hall–Kier alpha value is -1.62. The van der Waals surface area contributed by atoms with Crippen LogP contribution >= 0.6 is 11.3 Å². The first kappa shape index (κ1) is 16.8. The van der Waals surface area contributed by atoms with E-state index in [1.54, 1.807) is 16.2 Å². The predicted molar refractivity (Wildman–Crippen MR) is 99.9 cm³/mol. The minimum absolute atomic E-state index is 0.0469. The summed E-state index contributed by atoms with van der Waals surface area (Å²) < 4.78 is 0. The molecule has 2 aliphatic heterocycles. The Morgan fingerprint density at radius 1 is 1.04 bits per heavy atom. The third kappa shape index (κ3) is 3.03. The number of hydrogen-bond acceptors (Lipinski definition) is 4. The van der Waals surface area contributed by atoms with Crippen LogP contribution in [-0.2, 0) is 9.59 Å². The second-order valence-corrected chi connectivity index (χ2v) is 8.61. The molecule has 4 nitrogen and oxygen atoms in total. The van der Waals surface area contributed by atoms with E-state index in [-0.39, 0.29) is 17.9 Å².